The molecule has 0 aliphatic rings. The monoisotopic (exact) mass is 283 g/mol. The van der Waals surface area contributed by atoms with E-state index >= 15 is 0 Å². The van der Waals surface area contributed by atoms with Gasteiger partial charge in [0, 0.05) is 0 Å². The van der Waals surface area contributed by atoms with Crippen LogP contribution >= 0.6 is 22.6 Å². The Kier molecular flexibility index (Phi) is 2.35. The molecule has 0 aliphatic carbocycles. The first-order valence-corrected chi connectivity index (χ1v) is 4.16. The molecule has 1 aromatic carbocycles. The van der Waals surface area contributed by atoms with Gasteiger partial charge >= 0.3 is 70.9 Å². The van der Waals surface area contributed by atoms with Crippen LogP contribution in [0, 0.1) is 3.57 Å². The molecule has 0 N–H and O–H groups in total. The van der Waals surface area contributed by atoms with Gasteiger partial charge < -0.3 is 0 Å². The number of rotatable bonds is 0. The first kappa shape index (κ1) is 6.59. The van der Waals surface area contributed by atoms with Gasteiger partial charge in [-0.2, -0.15) is 0 Å². The molecule has 0 nitrogen and oxygen atoms in total. The molecule has 0 heterocycles. The quantitative estimate of drug-likeness (QED) is 0.493. The molecule has 0 fully saturated rings. The minimum atomic E-state index is 1.23. The Morgan fingerprint density at radius 3 is 2.25 bits per heavy atom. The molecule has 0 unspecified atom stereocenters. The van der Waals surface area contributed by atoms with Crippen molar-refractivity contribution >= 4 is 43.1 Å². The molecule has 8 heavy (non-hydrogen) atoms. The Labute approximate surface area is 70.6 Å². The maximum atomic E-state index is 2.96. The van der Waals surface area contributed by atoms with Crippen molar-refractivity contribution in [3.8, 4) is 0 Å². The van der Waals surface area contributed by atoms with Crippen molar-refractivity contribution in [3.63, 3.8) is 0 Å². The molecule has 1 aromatic rings. The van der Waals surface area contributed by atoms with Crippen molar-refractivity contribution in [3.05, 3.63) is 27.8 Å². The summed E-state index contributed by atoms with van der Waals surface area (Å²) in [5.74, 6) is 0. The average molecular weight is 282 g/mol. The van der Waals surface area contributed by atoms with Gasteiger partial charge in [-0.25, -0.2) is 0 Å². The first-order chi connectivity index (χ1) is 3.80. The molecule has 1 rings (SSSR count). The van der Waals surface area contributed by atoms with Crippen LogP contribution < -0.4 is 4.46 Å². The van der Waals surface area contributed by atoms with Crippen molar-refractivity contribution < 1.29 is 0 Å². The summed E-state index contributed by atoms with van der Waals surface area (Å²) in [4.78, 5) is 0. The Balaban J connectivity index is 3.13. The third-order valence-electron chi connectivity index (χ3n) is 0.837. The molecule has 1 radical (unpaired) electrons. The summed E-state index contributed by atoms with van der Waals surface area (Å²) in [6.45, 7) is 0. The predicted octanol–water partition coefficient (Wildman–Crippen LogP) is 1.08. The molecule has 0 atom stereocenters. The van der Waals surface area contributed by atoms with Gasteiger partial charge in [-0.1, -0.05) is 0 Å². The van der Waals surface area contributed by atoms with Crippen molar-refractivity contribution in [2.24, 2.45) is 0 Å². The van der Waals surface area contributed by atoms with Crippen molar-refractivity contribution in [1.82, 2.24) is 0 Å². The summed E-state index contributed by atoms with van der Waals surface area (Å²) >= 11 is 5.26. The van der Waals surface area contributed by atoms with E-state index in [9.17, 15) is 0 Å². The molecule has 2 heteroatoms. The van der Waals surface area contributed by atoms with Gasteiger partial charge in [-0.15, -0.1) is 0 Å². The standard InChI is InChI=1S/C6H4ISe/c7-5-3-1-2-4-6(5)8/h1-4H. The topological polar surface area (TPSA) is 0 Å². The second-order valence-electron chi connectivity index (χ2n) is 1.43. The molecule has 0 saturated carbocycles. The van der Waals surface area contributed by atoms with Gasteiger partial charge in [-0.05, 0) is 0 Å². The van der Waals surface area contributed by atoms with Gasteiger partial charge in [0.25, 0.3) is 0 Å². The zero-order valence-electron chi connectivity index (χ0n) is 4.10. The molecule has 0 bridgehead atoms. The number of hydrogen-bond donors (Lipinski definition) is 0. The summed E-state index contributed by atoms with van der Waals surface area (Å²) in [6.07, 6.45) is 0. The summed E-state index contributed by atoms with van der Waals surface area (Å²) in [5, 5.41) is 0. The van der Waals surface area contributed by atoms with Crippen LogP contribution in [0.5, 0.6) is 0 Å². The van der Waals surface area contributed by atoms with E-state index in [2.05, 4.69) is 50.7 Å². The molecule has 0 aliphatic heterocycles. The Morgan fingerprint density at radius 2 is 1.88 bits per heavy atom. The SMILES string of the molecule is [Se]c1ccccc1I. The third-order valence-corrected chi connectivity index (χ3v) is 3.35. The molecule has 0 amide bonds. The van der Waals surface area contributed by atoms with Crippen LogP contribution in [0.15, 0.2) is 24.3 Å². The van der Waals surface area contributed by atoms with Gasteiger partial charge in [-0.3, -0.25) is 0 Å². The zero-order valence-corrected chi connectivity index (χ0v) is 7.97. The fourth-order valence-corrected chi connectivity index (χ4v) is 1.14. The molecule has 0 saturated heterocycles. The van der Waals surface area contributed by atoms with Crippen molar-refractivity contribution in [2.45, 2.75) is 0 Å². The summed E-state index contributed by atoms with van der Waals surface area (Å²) in [6, 6.07) is 8.19. The van der Waals surface area contributed by atoms with Gasteiger partial charge in [0.2, 0.25) is 0 Å². The molecular weight excluding hydrogens is 278 g/mol. The van der Waals surface area contributed by atoms with Crippen LogP contribution in [-0.2, 0) is 0 Å². The summed E-state index contributed by atoms with van der Waals surface area (Å²) < 4.78 is 2.51. The van der Waals surface area contributed by atoms with E-state index in [0.29, 0.717) is 0 Å². The van der Waals surface area contributed by atoms with E-state index < -0.39 is 0 Å². The maximum absolute atomic E-state index is 2.96. The third kappa shape index (κ3) is 1.47. The van der Waals surface area contributed by atoms with E-state index in [0.717, 1.165) is 0 Å². The van der Waals surface area contributed by atoms with Gasteiger partial charge in [0.05, 0.1) is 0 Å². The molecule has 0 spiro atoms. The average Bonchev–Trinajstić information content (AvgIpc) is 1.77. The van der Waals surface area contributed by atoms with Crippen LogP contribution in [0.3, 0.4) is 0 Å². The van der Waals surface area contributed by atoms with E-state index in [4.69, 9.17) is 0 Å². The summed E-state index contributed by atoms with van der Waals surface area (Å²) in [5.41, 5.74) is 0. The van der Waals surface area contributed by atoms with Crippen LogP contribution in [0.2, 0.25) is 0 Å². The van der Waals surface area contributed by atoms with Crippen molar-refractivity contribution in [1.29, 1.82) is 0 Å². The fraction of sp³-hybridized carbons (Fsp3) is 0. The van der Waals surface area contributed by atoms with Crippen molar-refractivity contribution in [2.75, 3.05) is 0 Å². The molecule has 0 aromatic heterocycles. The van der Waals surface area contributed by atoms with Crippen LogP contribution in [0.4, 0.5) is 0 Å². The minimum absolute atomic E-state index is 1.23. The van der Waals surface area contributed by atoms with Gasteiger partial charge in [0.1, 0.15) is 0 Å². The number of benzene rings is 1. The van der Waals surface area contributed by atoms with Gasteiger partial charge in [0.15, 0.2) is 0 Å². The van der Waals surface area contributed by atoms with Crippen LogP contribution in [0.25, 0.3) is 0 Å². The molecular formula is C6H4ISe. The van der Waals surface area contributed by atoms with E-state index in [1.54, 1.807) is 0 Å². The first-order valence-electron chi connectivity index (χ1n) is 2.22. The Bertz CT molecular complexity index is 165. The second kappa shape index (κ2) is 2.85. The van der Waals surface area contributed by atoms with E-state index in [-0.39, 0.29) is 0 Å². The number of hydrogen-bond acceptors (Lipinski definition) is 0. The fourth-order valence-electron chi connectivity index (χ4n) is 0.445. The second-order valence-corrected chi connectivity index (χ2v) is 3.52. The van der Waals surface area contributed by atoms with E-state index in [1.807, 2.05) is 12.1 Å². The molecule has 41 valence electrons. The zero-order chi connectivity index (χ0) is 5.98. The van der Waals surface area contributed by atoms with E-state index in [1.165, 1.54) is 8.03 Å². The number of halogens is 1. The Hall–Kier alpha value is 0.469. The van der Waals surface area contributed by atoms with Crippen LogP contribution in [-0.4, -0.2) is 16.0 Å². The Morgan fingerprint density at radius 1 is 1.25 bits per heavy atom. The summed E-state index contributed by atoms with van der Waals surface area (Å²) in [7, 11) is 0. The predicted molar refractivity (Wildman–Crippen MR) is 44.5 cm³/mol. The normalized spacial score (nSPS) is 9.12. The van der Waals surface area contributed by atoms with Crippen LogP contribution in [0.1, 0.15) is 0 Å².